The van der Waals surface area contributed by atoms with Gasteiger partial charge in [0, 0.05) is 42.2 Å². The minimum absolute atomic E-state index is 0.196. The molecule has 0 unspecified atom stereocenters. The minimum Gasteiger partial charge on any atom is -0.334 e. The topological polar surface area (TPSA) is 8.17 Å². The molecule has 0 amide bonds. The van der Waals surface area contributed by atoms with Crippen LogP contribution in [-0.2, 0) is 0 Å². The van der Waals surface area contributed by atoms with Gasteiger partial charge in [-0.05, 0) is 74.4 Å². The van der Waals surface area contributed by atoms with Gasteiger partial charge < -0.3 is 9.47 Å². The van der Waals surface area contributed by atoms with Gasteiger partial charge in [-0.3, -0.25) is 0 Å². The maximum Gasteiger partial charge on any atom is 0.0779 e. The maximum absolute atomic E-state index is 2.56. The molecule has 0 spiro atoms. The lowest BCUT2D eigenvalue weighted by Gasteiger charge is -2.39. The van der Waals surface area contributed by atoms with E-state index in [-0.39, 0.29) is 5.54 Å². The van der Waals surface area contributed by atoms with Crippen LogP contribution < -0.4 is 4.90 Å². The molecule has 0 saturated heterocycles. The molecule has 8 rings (SSSR count). The molecule has 0 aliphatic heterocycles. The molecule has 0 fully saturated rings. The lowest BCUT2D eigenvalue weighted by Crippen LogP contribution is -2.38. The third-order valence-corrected chi connectivity index (χ3v) is 9.54. The fraction of sp³-hybridized carbons (Fsp3) is 0.100. The predicted molar refractivity (Wildman–Crippen MR) is 187 cm³/mol. The molecule has 6 aromatic carbocycles. The second-order valence-electron chi connectivity index (χ2n) is 12.2. The number of benzene rings is 6. The molecule has 0 radical (unpaired) electrons. The van der Waals surface area contributed by atoms with Gasteiger partial charge in [-0.1, -0.05) is 97.1 Å². The van der Waals surface area contributed by atoms with Crippen LogP contribution in [0.2, 0.25) is 0 Å². The molecule has 3 heteroatoms. The molecular weight excluding hydrogens is 541 g/mol. The van der Waals surface area contributed by atoms with Crippen LogP contribution in [0.25, 0.3) is 58.8 Å². The van der Waals surface area contributed by atoms with E-state index in [1.54, 1.807) is 0 Å². The van der Waals surface area contributed by atoms with E-state index < -0.39 is 0 Å². The Morgan fingerprint density at radius 2 is 1.21 bits per heavy atom. The number of fused-ring (bicyclic) bond motifs is 6. The normalized spacial score (nSPS) is 12.1. The van der Waals surface area contributed by atoms with E-state index in [1.807, 2.05) is 11.3 Å². The number of hydrogen-bond donors (Lipinski definition) is 0. The third kappa shape index (κ3) is 4.15. The summed E-state index contributed by atoms with van der Waals surface area (Å²) in [6.07, 6.45) is 0. The Bertz CT molecular complexity index is 2270. The highest BCUT2D eigenvalue weighted by Crippen LogP contribution is 2.48. The second kappa shape index (κ2) is 9.86. The van der Waals surface area contributed by atoms with E-state index in [0.29, 0.717) is 0 Å². The maximum atomic E-state index is 2.56. The van der Waals surface area contributed by atoms with Crippen molar-refractivity contribution >= 4 is 64.7 Å². The summed E-state index contributed by atoms with van der Waals surface area (Å²) in [7, 11) is 0. The summed E-state index contributed by atoms with van der Waals surface area (Å²) in [4.78, 5) is 2.56. The lowest BCUT2D eigenvalue weighted by molar-refractivity contribution is 0.562. The highest BCUT2D eigenvalue weighted by molar-refractivity contribution is 7.26. The summed E-state index contributed by atoms with van der Waals surface area (Å²) < 4.78 is 5.06. The zero-order valence-electron chi connectivity index (χ0n) is 24.6. The van der Waals surface area contributed by atoms with Gasteiger partial charge in [-0.25, -0.2) is 0 Å². The zero-order valence-corrected chi connectivity index (χ0v) is 25.4. The number of aromatic nitrogens is 1. The first-order valence-electron chi connectivity index (χ1n) is 14.9. The van der Waals surface area contributed by atoms with Gasteiger partial charge in [-0.15, -0.1) is 11.3 Å². The van der Waals surface area contributed by atoms with Crippen molar-refractivity contribution in [3.05, 3.63) is 140 Å². The van der Waals surface area contributed by atoms with Crippen LogP contribution in [0.3, 0.4) is 0 Å². The summed E-state index contributed by atoms with van der Waals surface area (Å²) in [5, 5.41) is 5.16. The van der Waals surface area contributed by atoms with Gasteiger partial charge in [0.05, 0.1) is 22.4 Å². The van der Waals surface area contributed by atoms with Crippen molar-refractivity contribution in [1.29, 1.82) is 0 Å². The van der Waals surface area contributed by atoms with E-state index in [2.05, 4.69) is 170 Å². The Balaban J connectivity index is 1.43. The van der Waals surface area contributed by atoms with Crippen molar-refractivity contribution in [2.75, 3.05) is 4.90 Å². The Kier molecular flexibility index (Phi) is 5.92. The van der Waals surface area contributed by atoms with Crippen molar-refractivity contribution in [2.24, 2.45) is 0 Å². The Morgan fingerprint density at radius 1 is 0.535 bits per heavy atom. The molecule has 2 aromatic heterocycles. The molecule has 0 bridgehead atoms. The van der Waals surface area contributed by atoms with Crippen molar-refractivity contribution in [2.45, 2.75) is 26.3 Å². The standard InChI is InChI=1S/C40H32N2S/c1-40(2,3)42(34-21-13-23-36-38(34)32-25-24-28(26-37(32)43-36)27-14-6-4-7-15-27)35-22-12-19-31-30-18-10-11-20-33(30)41(39(31)35)29-16-8-5-9-17-29/h4-26H,1-3H3. The predicted octanol–water partition coefficient (Wildman–Crippen LogP) is 11.8. The summed E-state index contributed by atoms with van der Waals surface area (Å²) in [6, 6.07) is 50.7. The van der Waals surface area contributed by atoms with Crippen molar-refractivity contribution in [3.8, 4) is 16.8 Å². The van der Waals surface area contributed by atoms with Crippen LogP contribution in [0.4, 0.5) is 11.4 Å². The van der Waals surface area contributed by atoms with Crippen LogP contribution in [0.15, 0.2) is 140 Å². The van der Waals surface area contributed by atoms with Crippen LogP contribution in [-0.4, -0.2) is 10.1 Å². The number of hydrogen-bond acceptors (Lipinski definition) is 2. The average molecular weight is 573 g/mol. The first-order chi connectivity index (χ1) is 21.0. The summed E-state index contributed by atoms with van der Waals surface area (Å²) in [6.45, 7) is 6.97. The van der Waals surface area contributed by atoms with Crippen LogP contribution in [0.5, 0.6) is 0 Å². The highest BCUT2D eigenvalue weighted by atomic mass is 32.1. The van der Waals surface area contributed by atoms with Gasteiger partial charge in [-0.2, -0.15) is 0 Å². The van der Waals surface area contributed by atoms with Gasteiger partial charge in [0.15, 0.2) is 0 Å². The third-order valence-electron chi connectivity index (χ3n) is 8.42. The molecule has 208 valence electrons. The number of thiophene rings is 1. The number of nitrogens with zero attached hydrogens (tertiary/aromatic N) is 2. The van der Waals surface area contributed by atoms with Crippen LogP contribution >= 0.6 is 11.3 Å². The van der Waals surface area contributed by atoms with Gasteiger partial charge in [0.2, 0.25) is 0 Å². The van der Waals surface area contributed by atoms with E-state index in [1.165, 1.54) is 70.2 Å². The zero-order chi connectivity index (χ0) is 29.1. The smallest absolute Gasteiger partial charge is 0.0779 e. The molecule has 0 saturated carbocycles. The van der Waals surface area contributed by atoms with E-state index in [9.17, 15) is 0 Å². The van der Waals surface area contributed by atoms with Crippen LogP contribution in [0.1, 0.15) is 20.8 Å². The number of anilines is 2. The molecule has 0 N–H and O–H groups in total. The SMILES string of the molecule is CC(C)(C)N(c1cccc2sc3cc(-c4ccccc4)ccc3c12)c1cccc2c3ccccc3n(-c3ccccc3)c12. The average Bonchev–Trinajstić information content (AvgIpc) is 3.58. The lowest BCUT2D eigenvalue weighted by atomic mass is 9.99. The molecule has 0 aliphatic carbocycles. The summed E-state index contributed by atoms with van der Waals surface area (Å²) in [5.74, 6) is 0. The van der Waals surface area contributed by atoms with Crippen LogP contribution in [0, 0.1) is 0 Å². The Morgan fingerprint density at radius 3 is 2.00 bits per heavy atom. The minimum atomic E-state index is -0.196. The molecular formula is C40H32N2S. The van der Waals surface area contributed by atoms with E-state index >= 15 is 0 Å². The van der Waals surface area contributed by atoms with E-state index in [0.717, 1.165) is 0 Å². The van der Waals surface area contributed by atoms with Gasteiger partial charge >= 0.3 is 0 Å². The van der Waals surface area contributed by atoms with Gasteiger partial charge in [0.1, 0.15) is 0 Å². The summed E-state index contributed by atoms with van der Waals surface area (Å²) in [5.41, 5.74) is 8.37. The molecule has 8 aromatic rings. The van der Waals surface area contributed by atoms with E-state index in [4.69, 9.17) is 0 Å². The number of rotatable bonds is 4. The fourth-order valence-electron chi connectivity index (χ4n) is 6.68. The van der Waals surface area contributed by atoms with Gasteiger partial charge in [0.25, 0.3) is 0 Å². The van der Waals surface area contributed by atoms with Crippen molar-refractivity contribution in [1.82, 2.24) is 4.57 Å². The molecule has 2 heterocycles. The molecule has 2 nitrogen and oxygen atoms in total. The first-order valence-corrected chi connectivity index (χ1v) is 15.7. The van der Waals surface area contributed by atoms with Crippen molar-refractivity contribution < 1.29 is 0 Å². The monoisotopic (exact) mass is 572 g/mol. The Labute approximate surface area is 256 Å². The molecule has 0 aliphatic rings. The molecule has 0 atom stereocenters. The quantitative estimate of drug-likeness (QED) is 0.204. The number of para-hydroxylation sites is 3. The van der Waals surface area contributed by atoms with Crippen molar-refractivity contribution in [3.63, 3.8) is 0 Å². The highest BCUT2D eigenvalue weighted by Gasteiger charge is 2.29. The largest absolute Gasteiger partial charge is 0.334 e. The second-order valence-corrected chi connectivity index (χ2v) is 13.3. The Hall–Kier alpha value is -4.86. The fourth-order valence-corrected chi connectivity index (χ4v) is 7.85. The summed E-state index contributed by atoms with van der Waals surface area (Å²) >= 11 is 1.88. The first kappa shape index (κ1) is 25.8. The molecule has 43 heavy (non-hydrogen) atoms.